The van der Waals surface area contributed by atoms with E-state index < -0.39 is 0 Å². The average Bonchev–Trinajstić information content (AvgIpc) is 3.17. The lowest BCUT2D eigenvalue weighted by molar-refractivity contribution is 0.102. The minimum Gasteiger partial charge on any atom is -0.298 e. The number of thiazole rings is 1. The van der Waals surface area contributed by atoms with Gasteiger partial charge in [0, 0.05) is 30.9 Å². The summed E-state index contributed by atoms with van der Waals surface area (Å²) in [5.74, 6) is -0.273. The number of rotatable bonds is 4. The SMILES string of the molecule is O=C(Nc1nc2c(s1)CN(Cc1ccccc1)CC2)c1cc(Cl)sc1Cl. The normalized spacial score (nSPS) is 14.2. The van der Waals surface area contributed by atoms with Gasteiger partial charge in [0.15, 0.2) is 5.13 Å². The van der Waals surface area contributed by atoms with Crippen molar-refractivity contribution in [3.8, 4) is 0 Å². The minimum absolute atomic E-state index is 0.273. The summed E-state index contributed by atoms with van der Waals surface area (Å²) in [6.45, 7) is 2.73. The molecule has 3 heterocycles. The van der Waals surface area contributed by atoms with Crippen molar-refractivity contribution in [2.45, 2.75) is 19.5 Å². The van der Waals surface area contributed by atoms with Crippen LogP contribution in [-0.2, 0) is 19.5 Å². The highest BCUT2D eigenvalue weighted by Gasteiger charge is 2.22. The summed E-state index contributed by atoms with van der Waals surface area (Å²) in [6, 6.07) is 12.0. The molecule has 0 aliphatic carbocycles. The Bertz CT molecular complexity index is 939. The molecular weight excluding hydrogens is 409 g/mol. The van der Waals surface area contributed by atoms with Crippen molar-refractivity contribution in [1.29, 1.82) is 0 Å². The number of thiophene rings is 1. The van der Waals surface area contributed by atoms with Crippen LogP contribution >= 0.6 is 45.9 Å². The van der Waals surface area contributed by atoms with Crippen molar-refractivity contribution >= 4 is 56.9 Å². The van der Waals surface area contributed by atoms with Crippen LogP contribution in [0.3, 0.4) is 0 Å². The van der Waals surface area contributed by atoms with Crippen LogP contribution in [0, 0.1) is 0 Å². The second-order valence-corrected chi connectivity index (χ2v) is 9.40. The highest BCUT2D eigenvalue weighted by molar-refractivity contribution is 7.20. The van der Waals surface area contributed by atoms with Gasteiger partial charge in [-0.25, -0.2) is 4.98 Å². The van der Waals surface area contributed by atoms with E-state index in [1.165, 1.54) is 33.1 Å². The Balaban J connectivity index is 1.44. The lowest BCUT2D eigenvalue weighted by Crippen LogP contribution is -2.29. The van der Waals surface area contributed by atoms with Gasteiger partial charge in [-0.2, -0.15) is 0 Å². The maximum absolute atomic E-state index is 12.4. The third-order valence-electron chi connectivity index (χ3n) is 4.18. The fourth-order valence-corrected chi connectivity index (χ4v) is 5.44. The van der Waals surface area contributed by atoms with Crippen molar-refractivity contribution in [2.24, 2.45) is 0 Å². The Kier molecular flexibility index (Phi) is 5.29. The maximum atomic E-state index is 12.4. The minimum atomic E-state index is -0.273. The molecule has 0 unspecified atom stereocenters. The van der Waals surface area contributed by atoms with Gasteiger partial charge in [-0.15, -0.1) is 22.7 Å². The van der Waals surface area contributed by atoms with E-state index in [1.54, 1.807) is 6.07 Å². The number of fused-ring (bicyclic) bond motifs is 1. The predicted molar refractivity (Wildman–Crippen MR) is 109 cm³/mol. The highest BCUT2D eigenvalue weighted by atomic mass is 35.5. The number of aromatic nitrogens is 1. The Morgan fingerprint density at radius 2 is 2.04 bits per heavy atom. The number of carbonyl (C=O) groups is 1. The van der Waals surface area contributed by atoms with Gasteiger partial charge in [0.2, 0.25) is 0 Å². The summed E-state index contributed by atoms with van der Waals surface area (Å²) < 4.78 is 0.887. The topological polar surface area (TPSA) is 45.2 Å². The van der Waals surface area contributed by atoms with E-state index in [1.807, 2.05) is 6.07 Å². The molecule has 4 rings (SSSR count). The third-order valence-corrected chi connectivity index (χ3v) is 6.67. The van der Waals surface area contributed by atoms with E-state index in [4.69, 9.17) is 23.2 Å². The van der Waals surface area contributed by atoms with Gasteiger partial charge in [-0.05, 0) is 11.6 Å². The fraction of sp³-hybridized carbons (Fsp3) is 0.222. The van der Waals surface area contributed by atoms with Crippen molar-refractivity contribution in [3.63, 3.8) is 0 Å². The van der Waals surface area contributed by atoms with E-state index >= 15 is 0 Å². The van der Waals surface area contributed by atoms with Gasteiger partial charge in [-0.1, -0.05) is 53.5 Å². The Morgan fingerprint density at radius 3 is 2.77 bits per heavy atom. The van der Waals surface area contributed by atoms with Crippen LogP contribution in [0.25, 0.3) is 0 Å². The zero-order valence-electron chi connectivity index (χ0n) is 13.7. The third kappa shape index (κ3) is 3.94. The van der Waals surface area contributed by atoms with Crippen LogP contribution in [0.5, 0.6) is 0 Å². The maximum Gasteiger partial charge on any atom is 0.259 e. The van der Waals surface area contributed by atoms with Gasteiger partial charge in [0.05, 0.1) is 15.6 Å². The molecule has 3 aromatic rings. The standard InChI is InChI=1S/C18H15Cl2N3OS2/c19-15-8-12(16(20)26-15)17(24)22-18-21-13-6-7-23(10-14(13)25-18)9-11-4-2-1-3-5-11/h1-5,8H,6-7,9-10H2,(H,21,22,24). The molecule has 0 bridgehead atoms. The quantitative estimate of drug-likeness (QED) is 0.617. The number of nitrogens with zero attached hydrogens (tertiary/aromatic N) is 2. The van der Waals surface area contributed by atoms with E-state index in [-0.39, 0.29) is 5.91 Å². The van der Waals surface area contributed by atoms with E-state index in [0.717, 1.165) is 31.7 Å². The number of anilines is 1. The van der Waals surface area contributed by atoms with Crippen molar-refractivity contribution in [1.82, 2.24) is 9.88 Å². The number of halogens is 2. The molecule has 1 amide bonds. The summed E-state index contributed by atoms with van der Waals surface area (Å²) in [5, 5.41) is 3.46. The number of nitrogens with one attached hydrogen (secondary N) is 1. The van der Waals surface area contributed by atoms with Crippen LogP contribution in [-0.4, -0.2) is 22.3 Å². The molecule has 1 aliphatic heterocycles. The Hall–Kier alpha value is -1.44. The number of benzene rings is 1. The first-order chi connectivity index (χ1) is 12.6. The molecule has 2 aromatic heterocycles. The summed E-state index contributed by atoms with van der Waals surface area (Å²) in [7, 11) is 0. The number of hydrogen-bond acceptors (Lipinski definition) is 5. The molecular formula is C18H15Cl2N3OS2. The summed E-state index contributed by atoms with van der Waals surface area (Å²) >= 11 is 14.7. The summed E-state index contributed by atoms with van der Waals surface area (Å²) in [6.07, 6.45) is 0.888. The van der Waals surface area contributed by atoms with Gasteiger partial charge in [0.1, 0.15) is 4.34 Å². The summed E-state index contributed by atoms with van der Waals surface area (Å²) in [4.78, 5) is 20.6. The first kappa shape index (κ1) is 17.9. The molecule has 0 radical (unpaired) electrons. The average molecular weight is 424 g/mol. The number of amides is 1. The molecule has 0 atom stereocenters. The van der Waals surface area contributed by atoms with E-state index in [2.05, 4.69) is 39.5 Å². The molecule has 4 nitrogen and oxygen atoms in total. The van der Waals surface area contributed by atoms with Crippen LogP contribution in [0.2, 0.25) is 8.67 Å². The van der Waals surface area contributed by atoms with Crippen LogP contribution in [0.15, 0.2) is 36.4 Å². The monoisotopic (exact) mass is 423 g/mol. The van der Waals surface area contributed by atoms with E-state index in [0.29, 0.717) is 19.4 Å². The molecule has 134 valence electrons. The van der Waals surface area contributed by atoms with Gasteiger partial charge >= 0.3 is 0 Å². The zero-order valence-corrected chi connectivity index (χ0v) is 16.8. The second kappa shape index (κ2) is 7.66. The van der Waals surface area contributed by atoms with Gasteiger partial charge in [-0.3, -0.25) is 15.0 Å². The van der Waals surface area contributed by atoms with Crippen LogP contribution in [0.1, 0.15) is 26.5 Å². The zero-order chi connectivity index (χ0) is 18.1. The fourth-order valence-electron chi connectivity index (χ4n) is 2.94. The Labute approximate surface area is 169 Å². The lowest BCUT2D eigenvalue weighted by Gasteiger charge is -2.25. The van der Waals surface area contributed by atoms with E-state index in [9.17, 15) is 4.79 Å². The summed E-state index contributed by atoms with van der Waals surface area (Å²) in [5.41, 5.74) is 2.77. The molecule has 26 heavy (non-hydrogen) atoms. The first-order valence-electron chi connectivity index (χ1n) is 8.09. The lowest BCUT2D eigenvalue weighted by atomic mass is 10.1. The van der Waals surface area contributed by atoms with Crippen molar-refractivity contribution < 1.29 is 4.79 Å². The van der Waals surface area contributed by atoms with Crippen LogP contribution in [0.4, 0.5) is 5.13 Å². The first-order valence-corrected chi connectivity index (χ1v) is 10.5. The molecule has 0 saturated carbocycles. The van der Waals surface area contributed by atoms with Crippen molar-refractivity contribution in [3.05, 3.63) is 66.8 Å². The second-order valence-electron chi connectivity index (χ2n) is 6.03. The molecule has 0 spiro atoms. The molecule has 8 heteroatoms. The predicted octanol–water partition coefficient (Wildman–Crippen LogP) is 5.32. The largest absolute Gasteiger partial charge is 0.298 e. The Morgan fingerprint density at radius 1 is 1.23 bits per heavy atom. The number of carbonyl (C=O) groups excluding carboxylic acids is 1. The van der Waals surface area contributed by atoms with Crippen molar-refractivity contribution in [2.75, 3.05) is 11.9 Å². The van der Waals surface area contributed by atoms with Crippen LogP contribution < -0.4 is 5.32 Å². The number of hydrogen-bond donors (Lipinski definition) is 1. The smallest absolute Gasteiger partial charge is 0.259 e. The molecule has 1 N–H and O–H groups in total. The molecule has 0 saturated heterocycles. The van der Waals surface area contributed by atoms with Gasteiger partial charge in [0.25, 0.3) is 5.91 Å². The molecule has 0 fully saturated rings. The highest BCUT2D eigenvalue weighted by Crippen LogP contribution is 2.33. The molecule has 1 aromatic carbocycles. The molecule has 1 aliphatic rings. The van der Waals surface area contributed by atoms with Gasteiger partial charge < -0.3 is 0 Å².